The van der Waals surface area contributed by atoms with E-state index in [9.17, 15) is 13.8 Å². The Balaban J connectivity index is 2.46. The van der Waals surface area contributed by atoms with Crippen molar-refractivity contribution in [2.45, 2.75) is 11.8 Å². The van der Waals surface area contributed by atoms with Crippen molar-refractivity contribution in [1.82, 2.24) is 10.6 Å². The van der Waals surface area contributed by atoms with Gasteiger partial charge in [-0.15, -0.1) is 0 Å². The molecule has 0 bridgehead atoms. The minimum absolute atomic E-state index is 0.126. The molecule has 18 heavy (non-hydrogen) atoms. The molecule has 0 aliphatic heterocycles. The highest BCUT2D eigenvalue weighted by Crippen LogP contribution is 2.07. The summed E-state index contributed by atoms with van der Waals surface area (Å²) in [7, 11) is -1.04. The van der Waals surface area contributed by atoms with E-state index in [2.05, 4.69) is 10.6 Å². The summed E-state index contributed by atoms with van der Waals surface area (Å²) < 4.78 is 11.2. The van der Waals surface area contributed by atoms with Crippen molar-refractivity contribution in [2.75, 3.05) is 19.3 Å². The van der Waals surface area contributed by atoms with Gasteiger partial charge in [0.05, 0.1) is 0 Å². The minimum Gasteiger partial charge on any atom is -0.355 e. The Morgan fingerprint density at radius 2 is 1.67 bits per heavy atom. The largest absolute Gasteiger partial charge is 0.355 e. The fourth-order valence-corrected chi connectivity index (χ4v) is 1.83. The van der Waals surface area contributed by atoms with Gasteiger partial charge in [-0.25, -0.2) is 0 Å². The molecule has 0 unspecified atom stereocenters. The van der Waals surface area contributed by atoms with Crippen LogP contribution in [0.1, 0.15) is 17.3 Å². The maximum absolute atomic E-state index is 11.7. The smallest absolute Gasteiger partial charge is 0.251 e. The van der Waals surface area contributed by atoms with Crippen molar-refractivity contribution in [3.05, 3.63) is 29.8 Å². The number of benzene rings is 1. The van der Waals surface area contributed by atoms with Gasteiger partial charge in [0.1, 0.15) is 0 Å². The number of amides is 2. The molecule has 0 fully saturated rings. The molecule has 6 heteroatoms. The first kappa shape index (κ1) is 14.4. The zero-order valence-electron chi connectivity index (χ0n) is 10.4. The molecule has 0 heterocycles. The summed E-state index contributed by atoms with van der Waals surface area (Å²) in [6.07, 6.45) is 1.59. The fraction of sp³-hybridized carbons (Fsp3) is 0.333. The predicted octanol–water partition coefficient (Wildman–Crippen LogP) is 0.290. The Bertz CT molecular complexity index is 457. The van der Waals surface area contributed by atoms with Crippen LogP contribution >= 0.6 is 0 Å². The van der Waals surface area contributed by atoms with Crippen LogP contribution in [0, 0.1) is 0 Å². The third-order valence-corrected chi connectivity index (χ3v) is 3.17. The lowest BCUT2D eigenvalue weighted by Crippen LogP contribution is -2.33. The topological polar surface area (TPSA) is 75.3 Å². The van der Waals surface area contributed by atoms with Crippen LogP contribution in [0.2, 0.25) is 0 Å². The van der Waals surface area contributed by atoms with Crippen LogP contribution in [0.5, 0.6) is 0 Å². The van der Waals surface area contributed by atoms with Crippen LogP contribution in [0.4, 0.5) is 0 Å². The van der Waals surface area contributed by atoms with Crippen molar-refractivity contribution in [3.8, 4) is 0 Å². The van der Waals surface area contributed by atoms with Gasteiger partial charge in [-0.2, -0.15) is 0 Å². The molecule has 2 N–H and O–H groups in total. The van der Waals surface area contributed by atoms with E-state index < -0.39 is 10.8 Å². The van der Waals surface area contributed by atoms with Gasteiger partial charge in [0.2, 0.25) is 5.91 Å². The average molecular weight is 268 g/mol. The van der Waals surface area contributed by atoms with Crippen molar-refractivity contribution < 1.29 is 13.8 Å². The molecule has 1 aromatic rings. The van der Waals surface area contributed by atoms with Crippen molar-refractivity contribution in [2.24, 2.45) is 0 Å². The van der Waals surface area contributed by atoms with E-state index in [-0.39, 0.29) is 11.8 Å². The summed E-state index contributed by atoms with van der Waals surface area (Å²) in [5.74, 6) is -0.340. The second-order valence-corrected chi connectivity index (χ2v) is 5.10. The van der Waals surface area contributed by atoms with Gasteiger partial charge >= 0.3 is 0 Å². The molecule has 0 aromatic heterocycles. The van der Waals surface area contributed by atoms with Gasteiger partial charge in [0, 0.05) is 47.5 Å². The van der Waals surface area contributed by atoms with Gasteiger partial charge in [-0.05, 0) is 24.3 Å². The molecule has 1 aromatic carbocycles. The molecule has 98 valence electrons. The maximum atomic E-state index is 11.7. The van der Waals surface area contributed by atoms with Crippen LogP contribution < -0.4 is 10.6 Å². The van der Waals surface area contributed by atoms with Crippen molar-refractivity contribution in [3.63, 3.8) is 0 Å². The average Bonchev–Trinajstić information content (AvgIpc) is 2.34. The van der Waals surface area contributed by atoms with E-state index in [1.165, 1.54) is 6.92 Å². The first-order chi connectivity index (χ1) is 8.50. The molecule has 0 aliphatic rings. The Morgan fingerprint density at radius 3 is 2.17 bits per heavy atom. The zero-order valence-corrected chi connectivity index (χ0v) is 11.2. The lowest BCUT2D eigenvalue weighted by molar-refractivity contribution is -0.118. The first-order valence-electron chi connectivity index (χ1n) is 5.47. The molecule has 0 saturated heterocycles. The number of nitrogens with one attached hydrogen (secondary N) is 2. The molecule has 1 atom stereocenters. The van der Waals surface area contributed by atoms with E-state index >= 15 is 0 Å². The molecule has 2 amide bonds. The van der Waals surface area contributed by atoms with Gasteiger partial charge < -0.3 is 10.6 Å². The van der Waals surface area contributed by atoms with Gasteiger partial charge in [0.25, 0.3) is 5.91 Å². The summed E-state index contributed by atoms with van der Waals surface area (Å²) >= 11 is 0. The van der Waals surface area contributed by atoms with Crippen LogP contribution in [-0.2, 0) is 15.6 Å². The Labute approximate surface area is 108 Å². The summed E-state index contributed by atoms with van der Waals surface area (Å²) in [4.78, 5) is 23.0. The maximum Gasteiger partial charge on any atom is 0.251 e. The van der Waals surface area contributed by atoms with Gasteiger partial charge in [0.15, 0.2) is 0 Å². The molecule has 0 aliphatic carbocycles. The Kier molecular flexibility index (Phi) is 5.51. The summed E-state index contributed by atoms with van der Waals surface area (Å²) in [5.41, 5.74) is 0.507. The third kappa shape index (κ3) is 4.67. The highest BCUT2D eigenvalue weighted by atomic mass is 32.2. The Hall–Kier alpha value is -1.69. The molecule has 0 saturated carbocycles. The summed E-state index contributed by atoms with van der Waals surface area (Å²) in [6, 6.07) is 6.59. The monoisotopic (exact) mass is 268 g/mol. The summed E-state index contributed by atoms with van der Waals surface area (Å²) in [6.45, 7) is 2.20. The molecular weight excluding hydrogens is 252 g/mol. The van der Waals surface area contributed by atoms with Crippen LogP contribution in [0.3, 0.4) is 0 Å². The molecule has 0 spiro atoms. The van der Waals surface area contributed by atoms with E-state index in [4.69, 9.17) is 0 Å². The zero-order chi connectivity index (χ0) is 13.5. The molecule has 5 nitrogen and oxygen atoms in total. The predicted molar refractivity (Wildman–Crippen MR) is 69.8 cm³/mol. The van der Waals surface area contributed by atoms with Crippen LogP contribution in [-0.4, -0.2) is 35.4 Å². The highest BCUT2D eigenvalue weighted by molar-refractivity contribution is 7.84. The van der Waals surface area contributed by atoms with Crippen LogP contribution in [0.25, 0.3) is 0 Å². The lowest BCUT2D eigenvalue weighted by atomic mass is 10.2. The molecular formula is C12H16N2O3S. The number of carbonyl (C=O) groups excluding carboxylic acids is 2. The summed E-state index contributed by atoms with van der Waals surface area (Å²) in [5, 5.41) is 5.26. The molecule has 1 rings (SSSR count). The van der Waals surface area contributed by atoms with Crippen molar-refractivity contribution in [1.29, 1.82) is 0 Å². The SMILES string of the molecule is CC(=O)NCCNC(=O)c1ccc([S@@](C)=O)cc1. The van der Waals surface area contributed by atoms with E-state index in [1.807, 2.05) is 0 Å². The minimum atomic E-state index is -1.04. The third-order valence-electron chi connectivity index (χ3n) is 2.23. The number of hydrogen-bond acceptors (Lipinski definition) is 3. The fourth-order valence-electron chi connectivity index (χ4n) is 1.31. The van der Waals surface area contributed by atoms with Gasteiger partial charge in [-0.3, -0.25) is 13.8 Å². The van der Waals surface area contributed by atoms with E-state index in [0.29, 0.717) is 23.5 Å². The van der Waals surface area contributed by atoms with Crippen LogP contribution in [0.15, 0.2) is 29.2 Å². The highest BCUT2D eigenvalue weighted by Gasteiger charge is 2.05. The quantitative estimate of drug-likeness (QED) is 0.754. The number of rotatable bonds is 5. The van der Waals surface area contributed by atoms with E-state index in [0.717, 1.165) is 0 Å². The first-order valence-corrected chi connectivity index (χ1v) is 7.02. The van der Waals surface area contributed by atoms with Crippen molar-refractivity contribution >= 4 is 22.6 Å². The standard InChI is InChI=1S/C12H16N2O3S/c1-9(15)13-7-8-14-12(16)10-3-5-11(6-4-10)18(2)17/h3-6H,7-8H2,1-2H3,(H,13,15)(H,14,16)/t18-/m1/s1. The van der Waals surface area contributed by atoms with E-state index in [1.54, 1.807) is 30.5 Å². The number of carbonyl (C=O) groups is 2. The normalized spacial score (nSPS) is 11.7. The second kappa shape index (κ2) is 6.90. The lowest BCUT2D eigenvalue weighted by Gasteiger charge is -2.06. The number of hydrogen-bond donors (Lipinski definition) is 2. The second-order valence-electron chi connectivity index (χ2n) is 3.72. The Morgan fingerprint density at radius 1 is 1.11 bits per heavy atom. The molecule has 0 radical (unpaired) electrons. The van der Waals surface area contributed by atoms with Gasteiger partial charge in [-0.1, -0.05) is 0 Å².